The second-order valence-electron chi connectivity index (χ2n) is 4.06. The summed E-state index contributed by atoms with van der Waals surface area (Å²) < 4.78 is 0. The van der Waals surface area contributed by atoms with Gasteiger partial charge in [-0.15, -0.1) is 11.3 Å². The lowest BCUT2D eigenvalue weighted by Crippen LogP contribution is -2.17. The average Bonchev–Trinajstić information content (AvgIpc) is 2.83. The molecule has 0 spiro atoms. The second kappa shape index (κ2) is 5.62. The number of hydrogen-bond donors (Lipinski definition) is 2. The van der Waals surface area contributed by atoms with Gasteiger partial charge in [-0.25, -0.2) is 9.78 Å². The number of carbonyl (C=O) groups is 2. The molecule has 1 aromatic heterocycles. The van der Waals surface area contributed by atoms with E-state index >= 15 is 0 Å². The van der Waals surface area contributed by atoms with E-state index in [9.17, 15) is 9.59 Å². The van der Waals surface area contributed by atoms with Crippen molar-refractivity contribution in [2.45, 2.75) is 13.3 Å². The number of carboxylic acids is 1. The standard InChI is InChI=1S/C13H12N2O3S/c1-8-2-3-11(10(4-8)13(17)18)15-12(16)5-9-6-19-7-14-9/h2-4,6-7H,5H2,1H3,(H,15,16)(H,17,18). The Kier molecular flexibility index (Phi) is 3.91. The van der Waals surface area contributed by atoms with Crippen LogP contribution < -0.4 is 5.32 Å². The van der Waals surface area contributed by atoms with Crippen molar-refractivity contribution in [2.75, 3.05) is 5.32 Å². The van der Waals surface area contributed by atoms with Crippen LogP contribution in [0.5, 0.6) is 0 Å². The van der Waals surface area contributed by atoms with Crippen molar-refractivity contribution in [3.8, 4) is 0 Å². The quantitative estimate of drug-likeness (QED) is 0.898. The lowest BCUT2D eigenvalue weighted by atomic mass is 10.1. The normalized spacial score (nSPS) is 10.2. The molecule has 0 bridgehead atoms. The van der Waals surface area contributed by atoms with Crippen molar-refractivity contribution in [1.29, 1.82) is 0 Å². The van der Waals surface area contributed by atoms with Crippen LogP contribution in [0.3, 0.4) is 0 Å². The number of amides is 1. The zero-order chi connectivity index (χ0) is 13.8. The van der Waals surface area contributed by atoms with Crippen LogP contribution in [0, 0.1) is 6.92 Å². The molecule has 5 nitrogen and oxygen atoms in total. The molecule has 1 amide bonds. The number of rotatable bonds is 4. The maximum atomic E-state index is 11.8. The largest absolute Gasteiger partial charge is 0.478 e. The van der Waals surface area contributed by atoms with E-state index < -0.39 is 5.97 Å². The Morgan fingerprint density at radius 3 is 2.84 bits per heavy atom. The highest BCUT2D eigenvalue weighted by Crippen LogP contribution is 2.17. The van der Waals surface area contributed by atoms with Gasteiger partial charge in [0.15, 0.2) is 0 Å². The fourth-order valence-electron chi connectivity index (χ4n) is 1.63. The minimum absolute atomic E-state index is 0.0895. The number of anilines is 1. The van der Waals surface area contributed by atoms with E-state index in [1.165, 1.54) is 17.4 Å². The third-order valence-electron chi connectivity index (χ3n) is 2.50. The van der Waals surface area contributed by atoms with Crippen LogP contribution in [-0.4, -0.2) is 22.0 Å². The molecule has 2 rings (SSSR count). The predicted octanol–water partition coefficient (Wildman–Crippen LogP) is 2.33. The minimum atomic E-state index is -1.06. The Hall–Kier alpha value is -2.21. The zero-order valence-electron chi connectivity index (χ0n) is 10.2. The molecule has 98 valence electrons. The van der Waals surface area contributed by atoms with Crippen LogP contribution in [-0.2, 0) is 11.2 Å². The van der Waals surface area contributed by atoms with Crippen LogP contribution in [0.2, 0.25) is 0 Å². The third kappa shape index (κ3) is 3.38. The molecule has 0 atom stereocenters. The van der Waals surface area contributed by atoms with Crippen molar-refractivity contribution in [3.05, 3.63) is 45.9 Å². The molecule has 0 saturated heterocycles. The van der Waals surface area contributed by atoms with Crippen molar-refractivity contribution in [3.63, 3.8) is 0 Å². The number of hydrogen-bond acceptors (Lipinski definition) is 4. The number of aromatic carboxylic acids is 1. The summed E-state index contributed by atoms with van der Waals surface area (Å²) >= 11 is 1.41. The van der Waals surface area contributed by atoms with E-state index in [0.717, 1.165) is 5.56 Å². The number of nitrogens with one attached hydrogen (secondary N) is 1. The molecular formula is C13H12N2O3S. The molecule has 1 heterocycles. The predicted molar refractivity (Wildman–Crippen MR) is 72.6 cm³/mol. The fourth-order valence-corrected chi connectivity index (χ4v) is 2.19. The number of benzene rings is 1. The van der Waals surface area contributed by atoms with Gasteiger partial charge >= 0.3 is 5.97 Å². The molecule has 0 unspecified atom stereocenters. The molecule has 6 heteroatoms. The maximum absolute atomic E-state index is 11.8. The number of carboxylic acid groups (broad SMARTS) is 1. The van der Waals surface area contributed by atoms with E-state index in [-0.39, 0.29) is 17.9 Å². The molecule has 2 aromatic rings. The van der Waals surface area contributed by atoms with Crippen molar-refractivity contribution in [1.82, 2.24) is 4.98 Å². The molecule has 0 saturated carbocycles. The topological polar surface area (TPSA) is 79.3 Å². The van der Waals surface area contributed by atoms with Crippen LogP contribution in [0.25, 0.3) is 0 Å². The lowest BCUT2D eigenvalue weighted by molar-refractivity contribution is -0.115. The molecule has 0 fully saturated rings. The first-order chi connectivity index (χ1) is 9.06. The molecular weight excluding hydrogens is 264 g/mol. The minimum Gasteiger partial charge on any atom is -0.478 e. The highest BCUT2D eigenvalue weighted by Gasteiger charge is 2.13. The third-order valence-corrected chi connectivity index (χ3v) is 3.14. The van der Waals surface area contributed by atoms with Crippen LogP contribution in [0.1, 0.15) is 21.6 Å². The summed E-state index contributed by atoms with van der Waals surface area (Å²) in [6.07, 6.45) is 0.135. The van der Waals surface area contributed by atoms with Crippen molar-refractivity contribution >= 4 is 28.9 Å². The van der Waals surface area contributed by atoms with Gasteiger partial charge in [0.25, 0.3) is 0 Å². The lowest BCUT2D eigenvalue weighted by Gasteiger charge is -2.08. The average molecular weight is 276 g/mol. The van der Waals surface area contributed by atoms with Gasteiger partial charge in [0.05, 0.1) is 28.9 Å². The van der Waals surface area contributed by atoms with E-state index in [1.807, 2.05) is 0 Å². The number of thiazole rings is 1. The van der Waals surface area contributed by atoms with Gasteiger partial charge in [-0.05, 0) is 19.1 Å². The van der Waals surface area contributed by atoms with Crippen molar-refractivity contribution in [2.24, 2.45) is 0 Å². The number of nitrogens with zero attached hydrogens (tertiary/aromatic N) is 1. The van der Waals surface area contributed by atoms with E-state index in [0.29, 0.717) is 11.4 Å². The Morgan fingerprint density at radius 1 is 1.42 bits per heavy atom. The first-order valence-electron chi connectivity index (χ1n) is 5.57. The smallest absolute Gasteiger partial charge is 0.337 e. The fraction of sp³-hybridized carbons (Fsp3) is 0.154. The Morgan fingerprint density at radius 2 is 2.21 bits per heavy atom. The number of carbonyl (C=O) groups excluding carboxylic acids is 1. The van der Waals surface area contributed by atoms with Gasteiger partial charge in [-0.2, -0.15) is 0 Å². The molecule has 0 aliphatic heterocycles. The Balaban J connectivity index is 2.14. The summed E-state index contributed by atoms with van der Waals surface area (Å²) in [4.78, 5) is 26.9. The van der Waals surface area contributed by atoms with E-state index in [4.69, 9.17) is 5.11 Å². The first kappa shape index (κ1) is 13.2. The van der Waals surface area contributed by atoms with Gasteiger partial charge in [-0.3, -0.25) is 4.79 Å². The number of aromatic nitrogens is 1. The summed E-state index contributed by atoms with van der Waals surface area (Å²) in [7, 11) is 0. The first-order valence-corrected chi connectivity index (χ1v) is 6.51. The molecule has 2 N–H and O–H groups in total. The Labute approximate surface area is 113 Å². The van der Waals surface area contributed by atoms with Gasteiger partial charge in [0, 0.05) is 5.38 Å². The van der Waals surface area contributed by atoms with Crippen LogP contribution in [0.15, 0.2) is 29.1 Å². The number of aryl methyl sites for hydroxylation is 1. The molecule has 0 aliphatic carbocycles. The molecule has 0 radical (unpaired) electrons. The monoisotopic (exact) mass is 276 g/mol. The summed E-state index contributed by atoms with van der Waals surface area (Å²) in [6, 6.07) is 4.88. The van der Waals surface area contributed by atoms with Gasteiger partial charge in [0.2, 0.25) is 5.91 Å². The van der Waals surface area contributed by atoms with Gasteiger partial charge < -0.3 is 10.4 Å². The van der Waals surface area contributed by atoms with E-state index in [2.05, 4.69) is 10.3 Å². The summed E-state index contributed by atoms with van der Waals surface area (Å²) in [5.41, 5.74) is 3.54. The van der Waals surface area contributed by atoms with E-state index in [1.54, 1.807) is 29.9 Å². The summed E-state index contributed by atoms with van der Waals surface area (Å²) in [6.45, 7) is 1.80. The van der Waals surface area contributed by atoms with Crippen LogP contribution in [0.4, 0.5) is 5.69 Å². The van der Waals surface area contributed by atoms with Crippen molar-refractivity contribution < 1.29 is 14.7 Å². The SMILES string of the molecule is Cc1ccc(NC(=O)Cc2cscn2)c(C(=O)O)c1. The molecule has 19 heavy (non-hydrogen) atoms. The molecule has 0 aliphatic rings. The molecule has 1 aromatic carbocycles. The van der Waals surface area contributed by atoms with Gasteiger partial charge in [-0.1, -0.05) is 11.6 Å². The summed E-state index contributed by atoms with van der Waals surface area (Å²) in [5, 5.41) is 13.5. The highest BCUT2D eigenvalue weighted by atomic mass is 32.1. The Bertz CT molecular complexity index is 608. The van der Waals surface area contributed by atoms with Gasteiger partial charge in [0.1, 0.15) is 0 Å². The summed E-state index contributed by atoms with van der Waals surface area (Å²) in [5.74, 6) is -1.34. The maximum Gasteiger partial charge on any atom is 0.337 e. The zero-order valence-corrected chi connectivity index (χ0v) is 11.0. The van der Waals surface area contributed by atoms with Crippen LogP contribution >= 0.6 is 11.3 Å². The highest BCUT2D eigenvalue weighted by molar-refractivity contribution is 7.07. The second-order valence-corrected chi connectivity index (χ2v) is 4.78.